The Hall–Kier alpha value is -3.79. The summed E-state index contributed by atoms with van der Waals surface area (Å²) in [6, 6.07) is 13.9. The van der Waals surface area contributed by atoms with Crippen molar-refractivity contribution in [3.63, 3.8) is 0 Å². The third-order valence-corrected chi connectivity index (χ3v) is 5.59. The molecule has 0 atom stereocenters. The zero-order valence-corrected chi connectivity index (χ0v) is 19.3. The quantitative estimate of drug-likeness (QED) is 0.383. The number of amides is 1. The Kier molecular flexibility index (Phi) is 6.64. The number of ether oxygens (including phenoxy) is 1. The van der Waals surface area contributed by atoms with E-state index in [1.54, 1.807) is 16.8 Å². The minimum atomic E-state index is -0.462. The van der Waals surface area contributed by atoms with Crippen LogP contribution in [0, 0.1) is 0 Å². The van der Waals surface area contributed by atoms with Gasteiger partial charge in [-0.2, -0.15) is 5.10 Å². The van der Waals surface area contributed by atoms with Gasteiger partial charge >= 0.3 is 5.97 Å². The first-order chi connectivity index (χ1) is 16.0. The lowest BCUT2D eigenvalue weighted by Crippen LogP contribution is -2.28. The molecule has 1 N–H and O–H groups in total. The van der Waals surface area contributed by atoms with Crippen LogP contribution in [0.25, 0.3) is 11.0 Å². The third-order valence-electron chi connectivity index (χ3n) is 5.07. The predicted octanol–water partition coefficient (Wildman–Crippen LogP) is 2.62. The van der Waals surface area contributed by atoms with Gasteiger partial charge in [-0.05, 0) is 42.0 Å². The minimum absolute atomic E-state index is 0.177. The molecule has 168 valence electrons. The Morgan fingerprint density at radius 1 is 1.06 bits per heavy atom. The number of carbonyl (C=O) groups is 2. The normalized spacial score (nSPS) is 10.8. The van der Waals surface area contributed by atoms with Gasteiger partial charge < -0.3 is 10.1 Å². The van der Waals surface area contributed by atoms with Crippen molar-refractivity contribution in [1.29, 1.82) is 0 Å². The molecular formula is C23H20BrN5O4. The fourth-order valence-electron chi connectivity index (χ4n) is 3.31. The molecule has 0 aliphatic rings. The smallest absolute Gasteiger partial charge is 0.337 e. The number of benzene rings is 2. The number of aromatic nitrogens is 4. The van der Waals surface area contributed by atoms with Crippen LogP contribution >= 0.6 is 15.9 Å². The number of halogens is 1. The van der Waals surface area contributed by atoms with E-state index in [4.69, 9.17) is 0 Å². The second-order valence-electron chi connectivity index (χ2n) is 7.23. The van der Waals surface area contributed by atoms with Crippen molar-refractivity contribution in [3.8, 4) is 0 Å². The van der Waals surface area contributed by atoms with Crippen LogP contribution in [-0.2, 0) is 17.8 Å². The molecule has 4 rings (SSSR count). The van der Waals surface area contributed by atoms with Crippen LogP contribution in [-0.4, -0.2) is 44.9 Å². The standard InChI is InChI=1S/C23H20BrN5O4/c1-33-23(32)17-6-4-16(5-7-17)21(30)25-10-11-29-20-19(12-27-29)22(31)28(14-26-20)13-15-2-8-18(24)9-3-15/h2-9,12,14H,10-11,13H2,1H3,(H,25,30). The maximum atomic E-state index is 12.8. The molecule has 1 amide bonds. The van der Waals surface area contributed by atoms with Crippen LogP contribution in [0.5, 0.6) is 0 Å². The van der Waals surface area contributed by atoms with Gasteiger partial charge in [0.2, 0.25) is 0 Å². The Bertz CT molecular complexity index is 1360. The summed E-state index contributed by atoms with van der Waals surface area (Å²) < 4.78 is 8.74. The molecule has 2 aromatic heterocycles. The molecule has 9 nitrogen and oxygen atoms in total. The second-order valence-corrected chi connectivity index (χ2v) is 8.15. The molecular weight excluding hydrogens is 490 g/mol. The van der Waals surface area contributed by atoms with Gasteiger partial charge in [0, 0.05) is 16.6 Å². The van der Waals surface area contributed by atoms with Gasteiger partial charge in [-0.25, -0.2) is 14.5 Å². The number of fused-ring (bicyclic) bond motifs is 1. The molecule has 0 spiro atoms. The zero-order chi connectivity index (χ0) is 23.4. The fraction of sp³-hybridized carbons (Fsp3) is 0.174. The molecule has 0 radical (unpaired) electrons. The van der Waals surface area contributed by atoms with Crippen LogP contribution in [0.4, 0.5) is 0 Å². The first-order valence-corrected chi connectivity index (χ1v) is 10.9. The average molecular weight is 510 g/mol. The SMILES string of the molecule is COC(=O)c1ccc(C(=O)NCCn2ncc3c(=O)n(Cc4ccc(Br)cc4)cnc32)cc1. The molecule has 10 heteroatoms. The maximum Gasteiger partial charge on any atom is 0.337 e. The molecule has 4 aromatic rings. The summed E-state index contributed by atoms with van der Waals surface area (Å²) in [6.45, 7) is 1.04. The molecule has 33 heavy (non-hydrogen) atoms. The summed E-state index contributed by atoms with van der Waals surface area (Å²) in [7, 11) is 1.30. The summed E-state index contributed by atoms with van der Waals surface area (Å²) in [5, 5.41) is 7.47. The highest BCUT2D eigenvalue weighted by molar-refractivity contribution is 9.10. The van der Waals surface area contributed by atoms with Gasteiger partial charge in [0.25, 0.3) is 11.5 Å². The monoisotopic (exact) mass is 509 g/mol. The lowest BCUT2D eigenvalue weighted by atomic mass is 10.1. The molecule has 2 aromatic carbocycles. The first-order valence-electron chi connectivity index (χ1n) is 10.1. The van der Waals surface area contributed by atoms with Crippen LogP contribution in [0.15, 0.2) is 70.3 Å². The van der Waals surface area contributed by atoms with E-state index in [0.29, 0.717) is 35.2 Å². The lowest BCUT2D eigenvalue weighted by molar-refractivity contribution is 0.0600. The van der Waals surface area contributed by atoms with Gasteiger partial charge in [0.1, 0.15) is 11.7 Å². The number of hydrogen-bond donors (Lipinski definition) is 1. The van der Waals surface area contributed by atoms with Crippen LogP contribution < -0.4 is 10.9 Å². The summed E-state index contributed by atoms with van der Waals surface area (Å²) in [5.41, 5.74) is 2.06. The van der Waals surface area contributed by atoms with Crippen molar-refractivity contribution in [1.82, 2.24) is 24.6 Å². The average Bonchev–Trinajstić information content (AvgIpc) is 3.25. The molecule has 2 heterocycles. The molecule has 0 aliphatic carbocycles. The van der Waals surface area contributed by atoms with E-state index in [1.807, 2.05) is 24.3 Å². The molecule has 0 aliphatic heterocycles. The van der Waals surface area contributed by atoms with E-state index >= 15 is 0 Å². The Morgan fingerprint density at radius 2 is 1.76 bits per heavy atom. The summed E-state index contributed by atoms with van der Waals surface area (Å²) >= 11 is 3.40. The van der Waals surface area contributed by atoms with E-state index in [1.165, 1.54) is 36.3 Å². The van der Waals surface area contributed by atoms with Gasteiger partial charge in [-0.3, -0.25) is 14.2 Å². The largest absolute Gasteiger partial charge is 0.465 e. The number of nitrogens with one attached hydrogen (secondary N) is 1. The highest BCUT2D eigenvalue weighted by Crippen LogP contribution is 2.12. The van der Waals surface area contributed by atoms with Crippen molar-refractivity contribution >= 4 is 38.8 Å². The number of rotatable bonds is 7. The van der Waals surface area contributed by atoms with E-state index in [2.05, 4.69) is 36.1 Å². The summed E-state index contributed by atoms with van der Waals surface area (Å²) in [4.78, 5) is 41.1. The second kappa shape index (κ2) is 9.78. The zero-order valence-electron chi connectivity index (χ0n) is 17.7. The van der Waals surface area contributed by atoms with Crippen molar-refractivity contribution in [3.05, 3.63) is 92.6 Å². The number of nitrogens with zero attached hydrogens (tertiary/aromatic N) is 4. The van der Waals surface area contributed by atoms with Crippen molar-refractivity contribution in [2.24, 2.45) is 0 Å². The highest BCUT2D eigenvalue weighted by atomic mass is 79.9. The molecule has 0 unspecified atom stereocenters. The molecule has 0 bridgehead atoms. The molecule has 0 saturated heterocycles. The molecule has 0 saturated carbocycles. The van der Waals surface area contributed by atoms with Crippen molar-refractivity contribution < 1.29 is 14.3 Å². The Morgan fingerprint density at radius 3 is 2.45 bits per heavy atom. The fourth-order valence-corrected chi connectivity index (χ4v) is 3.58. The minimum Gasteiger partial charge on any atom is -0.465 e. The maximum absolute atomic E-state index is 12.8. The summed E-state index contributed by atoms with van der Waals surface area (Å²) in [5.74, 6) is -0.747. The third kappa shape index (κ3) is 5.01. The van der Waals surface area contributed by atoms with Gasteiger partial charge in [-0.15, -0.1) is 0 Å². The molecule has 0 fully saturated rings. The van der Waals surface area contributed by atoms with Gasteiger partial charge in [0.15, 0.2) is 5.65 Å². The van der Waals surface area contributed by atoms with Crippen molar-refractivity contribution in [2.75, 3.05) is 13.7 Å². The van der Waals surface area contributed by atoms with Gasteiger partial charge in [-0.1, -0.05) is 28.1 Å². The van der Waals surface area contributed by atoms with E-state index < -0.39 is 5.97 Å². The van der Waals surface area contributed by atoms with Crippen LogP contribution in [0.1, 0.15) is 26.3 Å². The number of carbonyl (C=O) groups excluding carboxylic acids is 2. The Balaban J connectivity index is 1.40. The predicted molar refractivity (Wildman–Crippen MR) is 125 cm³/mol. The van der Waals surface area contributed by atoms with Gasteiger partial charge in [0.05, 0.1) is 32.0 Å². The number of esters is 1. The first kappa shape index (κ1) is 22.4. The lowest BCUT2D eigenvalue weighted by Gasteiger charge is -2.08. The number of hydrogen-bond acceptors (Lipinski definition) is 6. The van der Waals surface area contributed by atoms with Crippen LogP contribution in [0.2, 0.25) is 0 Å². The summed E-state index contributed by atoms with van der Waals surface area (Å²) in [6.07, 6.45) is 3.00. The topological polar surface area (TPSA) is 108 Å². The van der Waals surface area contributed by atoms with Crippen LogP contribution in [0.3, 0.4) is 0 Å². The van der Waals surface area contributed by atoms with E-state index in [9.17, 15) is 14.4 Å². The van der Waals surface area contributed by atoms with Crippen molar-refractivity contribution in [2.45, 2.75) is 13.1 Å². The van der Waals surface area contributed by atoms with E-state index in [-0.39, 0.29) is 18.0 Å². The Labute approximate surface area is 197 Å². The van der Waals surface area contributed by atoms with E-state index in [0.717, 1.165) is 10.0 Å². The highest BCUT2D eigenvalue weighted by Gasteiger charge is 2.12. The number of methoxy groups -OCH3 is 1.